The first-order valence-corrected chi connectivity index (χ1v) is 16.9. The standard InChI is InChI=1S/C43H32B2O8/c1-3-10-27-29(26-18-17-20-11-4-5-12-21(20)43(26)53-27)19(2)28-22-13-6-8-15-24(22)30(25-16-9-7-14-23(25)28)31-32(38(48)42(52)41(51)37(31)47)33-34(44)39(49)40(50)35(45)36(33)46/h3-18,46-52H,2,44-45H2,1H3/b10-3-. The second-order valence-electron chi connectivity index (χ2n) is 13.1. The van der Waals surface area contributed by atoms with Crippen LogP contribution < -0.4 is 10.9 Å². The maximum atomic E-state index is 11.8. The highest BCUT2D eigenvalue weighted by molar-refractivity contribution is 6.44. The number of hydrogen-bond donors (Lipinski definition) is 7. The van der Waals surface area contributed by atoms with E-state index in [1.54, 1.807) is 0 Å². The van der Waals surface area contributed by atoms with Gasteiger partial charge in [0.25, 0.3) is 0 Å². The van der Waals surface area contributed by atoms with Gasteiger partial charge in [0.1, 0.15) is 32.8 Å². The quantitative estimate of drug-likeness (QED) is 0.0450. The van der Waals surface area contributed by atoms with E-state index >= 15 is 0 Å². The van der Waals surface area contributed by atoms with Crippen LogP contribution in [0.15, 0.2) is 102 Å². The zero-order valence-corrected chi connectivity index (χ0v) is 29.0. The number of rotatable bonds is 5. The lowest BCUT2D eigenvalue weighted by molar-refractivity contribution is 0.347. The van der Waals surface area contributed by atoms with Crippen LogP contribution in [0.5, 0.6) is 40.2 Å². The molecule has 0 radical (unpaired) electrons. The third-order valence-corrected chi connectivity index (χ3v) is 10.3. The molecule has 0 atom stereocenters. The maximum Gasteiger partial charge on any atom is 0.204 e. The van der Waals surface area contributed by atoms with E-state index in [1.807, 2.05) is 97.9 Å². The molecule has 0 aliphatic rings. The molecule has 1 aromatic heterocycles. The van der Waals surface area contributed by atoms with E-state index < -0.39 is 40.2 Å². The predicted octanol–water partition coefficient (Wildman–Crippen LogP) is 6.78. The van der Waals surface area contributed by atoms with Crippen LogP contribution in [0.25, 0.3) is 77.2 Å². The van der Waals surface area contributed by atoms with Crippen molar-refractivity contribution in [3.05, 3.63) is 114 Å². The van der Waals surface area contributed by atoms with Crippen LogP contribution in [0.4, 0.5) is 0 Å². The van der Waals surface area contributed by atoms with Crippen molar-refractivity contribution < 1.29 is 40.2 Å². The fourth-order valence-corrected chi connectivity index (χ4v) is 7.71. The highest BCUT2D eigenvalue weighted by atomic mass is 16.3. The fraction of sp³-hybridized carbons (Fsp3) is 0.0233. The topological polar surface area (TPSA) is 155 Å². The van der Waals surface area contributed by atoms with Crippen molar-refractivity contribution in [2.24, 2.45) is 0 Å². The van der Waals surface area contributed by atoms with Crippen LogP contribution in [0.2, 0.25) is 0 Å². The molecule has 0 spiro atoms. The molecule has 53 heavy (non-hydrogen) atoms. The maximum absolute atomic E-state index is 11.8. The molecule has 258 valence electrons. The molecule has 0 aliphatic heterocycles. The Labute approximate surface area is 304 Å². The highest BCUT2D eigenvalue weighted by Gasteiger charge is 2.33. The molecule has 0 saturated carbocycles. The minimum absolute atomic E-state index is 0.0406. The van der Waals surface area contributed by atoms with Gasteiger partial charge in [-0.25, -0.2) is 0 Å². The second-order valence-corrected chi connectivity index (χ2v) is 13.1. The zero-order valence-electron chi connectivity index (χ0n) is 29.0. The molecule has 0 saturated heterocycles. The fourth-order valence-electron chi connectivity index (χ4n) is 7.71. The summed E-state index contributed by atoms with van der Waals surface area (Å²) in [7, 11) is 2.79. The Morgan fingerprint density at radius 3 is 1.60 bits per heavy atom. The summed E-state index contributed by atoms with van der Waals surface area (Å²) in [6, 6.07) is 26.9. The van der Waals surface area contributed by atoms with E-state index in [-0.39, 0.29) is 27.6 Å². The molecular weight excluding hydrogens is 666 g/mol. The first kappa shape index (κ1) is 33.2. The summed E-state index contributed by atoms with van der Waals surface area (Å²) in [6.07, 6.45) is 3.81. The number of allylic oxidation sites excluding steroid dienone is 1. The van der Waals surface area contributed by atoms with Crippen LogP contribution in [-0.4, -0.2) is 51.4 Å². The molecule has 8 aromatic rings. The van der Waals surface area contributed by atoms with Crippen LogP contribution in [0.3, 0.4) is 0 Å². The SMILES string of the molecule is Bc1c(O)c(O)c(B)c(-c2c(O)c(O)c(O)c(O)c2-c2c3ccccc3c(C(=C)c3c(/C=C\C)oc4c3ccc3ccccc34)c3ccccc23)c1O. The summed E-state index contributed by atoms with van der Waals surface area (Å²) in [4.78, 5) is 0. The summed E-state index contributed by atoms with van der Waals surface area (Å²) in [6.45, 7) is 6.59. The van der Waals surface area contributed by atoms with Gasteiger partial charge >= 0.3 is 0 Å². The van der Waals surface area contributed by atoms with Crippen molar-refractivity contribution >= 4 is 81.6 Å². The van der Waals surface area contributed by atoms with Crippen LogP contribution in [0.1, 0.15) is 23.8 Å². The molecule has 7 aromatic carbocycles. The average molecular weight is 698 g/mol. The summed E-state index contributed by atoms with van der Waals surface area (Å²) < 4.78 is 6.56. The summed E-state index contributed by atoms with van der Waals surface area (Å²) in [5.41, 5.74) is 2.62. The molecule has 0 fully saturated rings. The van der Waals surface area contributed by atoms with Crippen LogP contribution >= 0.6 is 0 Å². The Kier molecular flexibility index (Phi) is 7.58. The Balaban J connectivity index is 1.53. The highest BCUT2D eigenvalue weighted by Crippen LogP contribution is 2.59. The second kappa shape index (κ2) is 12.1. The van der Waals surface area contributed by atoms with Gasteiger partial charge in [-0.2, -0.15) is 0 Å². The van der Waals surface area contributed by atoms with E-state index in [0.717, 1.165) is 32.9 Å². The Bertz CT molecular complexity index is 2840. The van der Waals surface area contributed by atoms with Gasteiger partial charge in [0.15, 0.2) is 23.0 Å². The molecule has 7 N–H and O–H groups in total. The monoisotopic (exact) mass is 698 g/mol. The molecule has 0 unspecified atom stereocenters. The van der Waals surface area contributed by atoms with Gasteiger partial charge in [-0.15, -0.1) is 0 Å². The van der Waals surface area contributed by atoms with E-state index in [0.29, 0.717) is 38.4 Å². The van der Waals surface area contributed by atoms with E-state index in [4.69, 9.17) is 4.42 Å². The molecule has 8 nitrogen and oxygen atoms in total. The lowest BCUT2D eigenvalue weighted by Crippen LogP contribution is -2.17. The molecule has 0 bridgehead atoms. The van der Waals surface area contributed by atoms with E-state index in [1.165, 1.54) is 15.7 Å². The molecular formula is C43H32B2O8. The van der Waals surface area contributed by atoms with Gasteiger partial charge in [0, 0.05) is 38.6 Å². The van der Waals surface area contributed by atoms with E-state index in [9.17, 15) is 35.7 Å². The third-order valence-electron chi connectivity index (χ3n) is 10.3. The molecule has 10 heteroatoms. The van der Waals surface area contributed by atoms with Gasteiger partial charge in [-0.05, 0) is 68.1 Å². The van der Waals surface area contributed by atoms with E-state index in [2.05, 4.69) is 12.6 Å². The van der Waals surface area contributed by atoms with Crippen molar-refractivity contribution in [2.75, 3.05) is 0 Å². The molecule has 0 aliphatic carbocycles. The Hall–Kier alpha value is -6.93. The summed E-state index contributed by atoms with van der Waals surface area (Å²) in [5.74, 6) is -4.64. The first-order valence-electron chi connectivity index (χ1n) is 16.9. The number of aromatic hydroxyl groups is 7. The van der Waals surface area contributed by atoms with Crippen LogP contribution in [0, 0.1) is 0 Å². The van der Waals surface area contributed by atoms with Crippen LogP contribution in [-0.2, 0) is 0 Å². The van der Waals surface area contributed by atoms with Crippen molar-refractivity contribution in [3.63, 3.8) is 0 Å². The molecule has 0 amide bonds. The van der Waals surface area contributed by atoms with Gasteiger partial charge in [-0.3, -0.25) is 0 Å². The predicted molar refractivity (Wildman–Crippen MR) is 217 cm³/mol. The normalized spacial score (nSPS) is 11.8. The number of phenolic OH excluding ortho intramolecular Hbond substituents is 7. The lowest BCUT2D eigenvalue weighted by atomic mass is 9.76. The summed E-state index contributed by atoms with van der Waals surface area (Å²) >= 11 is 0. The average Bonchev–Trinajstić information content (AvgIpc) is 3.55. The lowest BCUT2D eigenvalue weighted by Gasteiger charge is -2.24. The smallest absolute Gasteiger partial charge is 0.204 e. The Morgan fingerprint density at radius 2 is 1.02 bits per heavy atom. The van der Waals surface area contributed by atoms with Crippen molar-refractivity contribution in [3.8, 4) is 62.5 Å². The van der Waals surface area contributed by atoms with Crippen molar-refractivity contribution in [1.29, 1.82) is 0 Å². The van der Waals surface area contributed by atoms with Gasteiger partial charge in [0.2, 0.25) is 11.5 Å². The first-order chi connectivity index (χ1) is 25.5. The number of hydrogen-bond acceptors (Lipinski definition) is 8. The third kappa shape index (κ3) is 4.65. The Morgan fingerprint density at radius 1 is 0.509 bits per heavy atom. The van der Waals surface area contributed by atoms with Crippen molar-refractivity contribution in [1.82, 2.24) is 0 Å². The minimum atomic E-state index is -1.03. The largest absolute Gasteiger partial charge is 0.508 e. The number of benzene rings is 7. The van der Waals surface area contributed by atoms with Gasteiger partial charge in [0.05, 0.1) is 0 Å². The molecule has 1 heterocycles. The number of phenols is 7. The van der Waals surface area contributed by atoms with Gasteiger partial charge in [-0.1, -0.05) is 91.5 Å². The molecule has 8 rings (SSSR count). The number of furan rings is 1. The van der Waals surface area contributed by atoms with Crippen molar-refractivity contribution in [2.45, 2.75) is 6.92 Å². The van der Waals surface area contributed by atoms with Gasteiger partial charge < -0.3 is 40.2 Å². The minimum Gasteiger partial charge on any atom is -0.508 e. The summed E-state index contributed by atoms with van der Waals surface area (Å²) in [5, 5.41) is 83.5. The number of fused-ring (bicyclic) bond motifs is 5. The zero-order chi connectivity index (χ0) is 37.5.